The van der Waals surface area contributed by atoms with Crippen molar-refractivity contribution in [1.82, 2.24) is 4.98 Å². The number of nitrogens with one attached hydrogen (secondary N) is 2. The molecule has 1 saturated carbocycles. The third kappa shape index (κ3) is 3.26. The number of aliphatic hydroxyl groups is 1. The molecule has 1 aromatic heterocycles. The van der Waals surface area contributed by atoms with Gasteiger partial charge in [-0.1, -0.05) is 35.6 Å². The highest BCUT2D eigenvalue weighted by molar-refractivity contribution is 14.1. The zero-order valence-corrected chi connectivity index (χ0v) is 18.0. The number of aromatic nitrogens is 1. The number of benzene rings is 2. The lowest BCUT2D eigenvalue weighted by atomic mass is 9.94. The molecule has 2 unspecified atom stereocenters. The average molecular weight is 504 g/mol. The van der Waals surface area contributed by atoms with Crippen LogP contribution in [0.15, 0.2) is 42.5 Å². The van der Waals surface area contributed by atoms with Crippen LogP contribution in [-0.2, 0) is 10.2 Å². The summed E-state index contributed by atoms with van der Waals surface area (Å²) in [5.74, 6) is 1.43. The quantitative estimate of drug-likeness (QED) is 0.355. The molecule has 5 rings (SSSR count). The molecule has 2 atom stereocenters. The summed E-state index contributed by atoms with van der Waals surface area (Å²) >= 11 is 2.01. The summed E-state index contributed by atoms with van der Waals surface area (Å²) in [6.07, 6.45) is 1.64. The van der Waals surface area contributed by atoms with Gasteiger partial charge in [0, 0.05) is 28.2 Å². The molecule has 1 aliphatic carbocycles. The number of ether oxygens (including phenoxy) is 2. The molecule has 0 spiro atoms. The molecule has 7 heteroatoms. The third-order valence-corrected chi connectivity index (χ3v) is 6.99. The maximum Gasteiger partial charge on any atom is 0.235 e. The maximum atomic E-state index is 13.1. The number of rotatable bonds is 5. The summed E-state index contributed by atoms with van der Waals surface area (Å²) in [6.45, 7) is 2.20. The number of H-pyrrole nitrogens is 1. The number of halogens is 1. The van der Waals surface area contributed by atoms with Crippen molar-refractivity contribution in [2.45, 2.75) is 35.2 Å². The van der Waals surface area contributed by atoms with Crippen molar-refractivity contribution in [3.05, 3.63) is 53.7 Å². The van der Waals surface area contributed by atoms with Crippen molar-refractivity contribution in [1.29, 1.82) is 0 Å². The number of alkyl halides is 1. The van der Waals surface area contributed by atoms with Crippen LogP contribution in [0, 0.1) is 0 Å². The monoisotopic (exact) mass is 504 g/mol. The highest BCUT2D eigenvalue weighted by Crippen LogP contribution is 2.51. The minimum atomic E-state index is -0.501. The fraction of sp³-hybridized carbons (Fsp3) is 0.318. The van der Waals surface area contributed by atoms with E-state index < -0.39 is 9.53 Å². The van der Waals surface area contributed by atoms with E-state index in [-0.39, 0.29) is 18.6 Å². The van der Waals surface area contributed by atoms with Crippen LogP contribution in [0.1, 0.15) is 36.9 Å². The van der Waals surface area contributed by atoms with Crippen molar-refractivity contribution < 1.29 is 19.4 Å². The predicted octanol–water partition coefficient (Wildman–Crippen LogP) is 4.42. The molecular weight excluding hydrogens is 483 g/mol. The summed E-state index contributed by atoms with van der Waals surface area (Å²) in [7, 11) is 0. The van der Waals surface area contributed by atoms with Gasteiger partial charge in [0.2, 0.25) is 12.7 Å². The number of carbonyl (C=O) groups excluding carboxylic acids is 1. The van der Waals surface area contributed by atoms with Gasteiger partial charge in [-0.25, -0.2) is 0 Å². The van der Waals surface area contributed by atoms with Gasteiger partial charge in [0.15, 0.2) is 11.5 Å². The first-order valence-corrected chi connectivity index (χ1v) is 10.9. The highest BCUT2D eigenvalue weighted by Gasteiger charge is 2.51. The Morgan fingerprint density at radius 3 is 2.72 bits per heavy atom. The van der Waals surface area contributed by atoms with Crippen LogP contribution in [-0.4, -0.2) is 26.9 Å². The smallest absolute Gasteiger partial charge is 0.235 e. The second kappa shape index (κ2) is 6.91. The van der Waals surface area contributed by atoms with E-state index in [9.17, 15) is 9.90 Å². The van der Waals surface area contributed by atoms with E-state index in [1.165, 1.54) is 0 Å². The van der Waals surface area contributed by atoms with Crippen LogP contribution in [0.2, 0.25) is 0 Å². The minimum Gasteiger partial charge on any atom is -0.454 e. The molecule has 6 nitrogen and oxygen atoms in total. The Kier molecular flexibility index (Phi) is 4.47. The van der Waals surface area contributed by atoms with Crippen LogP contribution >= 0.6 is 22.6 Å². The molecule has 0 radical (unpaired) electrons. The Hall–Kier alpha value is -2.26. The zero-order chi connectivity index (χ0) is 20.2. The molecule has 0 saturated heterocycles. The number of aromatic amines is 1. The molecule has 2 aliphatic rings. The SMILES string of the molecule is CC(c1cc2cc(NC(=O)C3(c4ccc5c(c4)OCO5)CC3)ccc2[nH]1)C(O)I. The topological polar surface area (TPSA) is 83.6 Å². The Labute approximate surface area is 181 Å². The largest absolute Gasteiger partial charge is 0.454 e. The molecule has 2 aromatic carbocycles. The fourth-order valence-electron chi connectivity index (χ4n) is 3.84. The first-order valence-electron chi connectivity index (χ1n) is 9.63. The molecule has 150 valence electrons. The number of hydrogen-bond donors (Lipinski definition) is 3. The van der Waals surface area contributed by atoms with Gasteiger partial charge in [-0.3, -0.25) is 4.79 Å². The van der Waals surface area contributed by atoms with Crippen molar-refractivity contribution in [2.24, 2.45) is 0 Å². The summed E-state index contributed by atoms with van der Waals surface area (Å²) in [5.41, 5.74) is 3.19. The van der Waals surface area contributed by atoms with Crippen LogP contribution in [0.4, 0.5) is 5.69 Å². The van der Waals surface area contributed by atoms with Crippen molar-refractivity contribution in [3.8, 4) is 11.5 Å². The number of anilines is 1. The van der Waals surface area contributed by atoms with E-state index in [4.69, 9.17) is 9.47 Å². The average Bonchev–Trinajstić information content (AvgIpc) is 3.20. The molecular formula is C22H21IN2O4. The van der Waals surface area contributed by atoms with Gasteiger partial charge in [-0.15, -0.1) is 0 Å². The second-order valence-electron chi connectivity index (χ2n) is 7.79. The van der Waals surface area contributed by atoms with Crippen LogP contribution in [0.25, 0.3) is 10.9 Å². The Morgan fingerprint density at radius 2 is 1.97 bits per heavy atom. The van der Waals surface area contributed by atoms with Crippen molar-refractivity contribution in [2.75, 3.05) is 12.1 Å². The number of hydrogen-bond acceptors (Lipinski definition) is 4. The van der Waals surface area contributed by atoms with Gasteiger partial charge in [-0.05, 0) is 54.8 Å². The fourth-order valence-corrected chi connectivity index (χ4v) is 4.23. The summed E-state index contributed by atoms with van der Waals surface area (Å²) in [5, 5.41) is 13.9. The Morgan fingerprint density at radius 1 is 1.17 bits per heavy atom. The summed E-state index contributed by atoms with van der Waals surface area (Å²) < 4.78 is 10.4. The molecule has 1 amide bonds. The van der Waals surface area contributed by atoms with E-state index in [0.717, 1.165) is 46.4 Å². The number of carbonyl (C=O) groups is 1. The van der Waals surface area contributed by atoms with Crippen LogP contribution in [0.5, 0.6) is 11.5 Å². The van der Waals surface area contributed by atoms with Gasteiger partial charge >= 0.3 is 0 Å². The molecule has 29 heavy (non-hydrogen) atoms. The van der Waals surface area contributed by atoms with Crippen molar-refractivity contribution >= 4 is 45.1 Å². The molecule has 1 aliphatic heterocycles. The van der Waals surface area contributed by atoms with Crippen LogP contribution < -0.4 is 14.8 Å². The van der Waals surface area contributed by atoms with Gasteiger partial charge < -0.3 is 24.9 Å². The Bertz CT molecular complexity index is 1100. The summed E-state index contributed by atoms with van der Waals surface area (Å²) in [4.78, 5) is 16.5. The molecule has 2 heterocycles. The Balaban J connectivity index is 1.38. The third-order valence-electron chi connectivity index (χ3n) is 5.91. The number of amides is 1. The van der Waals surface area contributed by atoms with Crippen molar-refractivity contribution in [3.63, 3.8) is 0 Å². The molecule has 3 N–H and O–H groups in total. The summed E-state index contributed by atoms with van der Waals surface area (Å²) in [6, 6.07) is 13.6. The van der Waals surface area contributed by atoms with Crippen LogP contribution in [0.3, 0.4) is 0 Å². The molecule has 1 fully saturated rings. The number of fused-ring (bicyclic) bond motifs is 2. The second-order valence-corrected chi connectivity index (χ2v) is 9.07. The highest BCUT2D eigenvalue weighted by atomic mass is 127. The predicted molar refractivity (Wildman–Crippen MR) is 119 cm³/mol. The van der Waals surface area contributed by atoms with Gasteiger partial charge in [0.1, 0.15) is 4.11 Å². The minimum absolute atomic E-state index is 0.00165. The van der Waals surface area contributed by atoms with Gasteiger partial charge in [0.25, 0.3) is 0 Å². The van der Waals surface area contributed by atoms with Gasteiger partial charge in [-0.2, -0.15) is 0 Å². The first kappa shape index (κ1) is 18.7. The maximum absolute atomic E-state index is 13.1. The standard InChI is InChI=1S/C22H21IN2O4/c1-12(20(23)26)17-9-13-8-15(3-4-16(13)25-17)24-21(27)22(6-7-22)14-2-5-18-19(10-14)29-11-28-18/h2-5,8-10,12,20,25-26H,6-7,11H2,1H3,(H,24,27). The number of aliphatic hydroxyl groups excluding tert-OH is 1. The normalized spacial score (nSPS) is 18.4. The zero-order valence-electron chi connectivity index (χ0n) is 15.9. The lowest BCUT2D eigenvalue weighted by Crippen LogP contribution is -2.27. The first-order chi connectivity index (χ1) is 14.0. The van der Waals surface area contributed by atoms with E-state index in [1.54, 1.807) is 0 Å². The van der Waals surface area contributed by atoms with E-state index >= 15 is 0 Å². The molecule has 3 aromatic rings. The lowest BCUT2D eigenvalue weighted by molar-refractivity contribution is -0.118. The van der Waals surface area contributed by atoms with E-state index in [2.05, 4.69) is 10.3 Å². The van der Waals surface area contributed by atoms with Gasteiger partial charge in [0.05, 0.1) is 5.41 Å². The molecule has 0 bridgehead atoms. The van der Waals surface area contributed by atoms with E-state index in [1.807, 2.05) is 72.0 Å². The van der Waals surface area contributed by atoms with E-state index in [0.29, 0.717) is 5.75 Å². The lowest BCUT2D eigenvalue weighted by Gasteiger charge is -2.16.